The maximum Gasteiger partial charge on any atom is 0.0522 e. The van der Waals surface area contributed by atoms with Crippen LogP contribution < -0.4 is 5.43 Å². The third-order valence-corrected chi connectivity index (χ3v) is 2.29. The highest BCUT2D eigenvalue weighted by molar-refractivity contribution is 5.74. The zero-order chi connectivity index (χ0) is 9.80. The second-order valence-electron chi connectivity index (χ2n) is 3.23. The van der Waals surface area contributed by atoms with Gasteiger partial charge in [-0.2, -0.15) is 0 Å². The highest BCUT2D eigenvalue weighted by Gasteiger charge is 2.04. The molecule has 0 radical (unpaired) electrons. The molecular formula is C12H14N2. The van der Waals surface area contributed by atoms with E-state index in [9.17, 15) is 0 Å². The van der Waals surface area contributed by atoms with Crippen molar-refractivity contribution in [3.05, 3.63) is 54.2 Å². The van der Waals surface area contributed by atoms with Gasteiger partial charge in [0, 0.05) is 13.2 Å². The van der Waals surface area contributed by atoms with E-state index < -0.39 is 0 Å². The lowest BCUT2D eigenvalue weighted by molar-refractivity contribution is 0.329. The molecule has 0 aromatic heterocycles. The van der Waals surface area contributed by atoms with Crippen molar-refractivity contribution in [1.29, 1.82) is 0 Å². The summed E-state index contributed by atoms with van der Waals surface area (Å²) in [5.41, 5.74) is 5.60. The van der Waals surface area contributed by atoms with Gasteiger partial charge in [-0.05, 0) is 11.1 Å². The fraction of sp³-hybridized carbons (Fsp3) is 0.167. The van der Waals surface area contributed by atoms with E-state index in [1.165, 1.54) is 11.1 Å². The van der Waals surface area contributed by atoms with Crippen molar-refractivity contribution in [2.75, 3.05) is 13.6 Å². The SMILES string of the molecule is CNN1C=C(c2ccccc2)C=CC1. The Morgan fingerprint density at radius 1 is 1.21 bits per heavy atom. The molecule has 0 fully saturated rings. The summed E-state index contributed by atoms with van der Waals surface area (Å²) in [6.07, 6.45) is 6.43. The maximum atomic E-state index is 3.11. The lowest BCUT2D eigenvalue weighted by atomic mass is 10.1. The van der Waals surface area contributed by atoms with Crippen molar-refractivity contribution in [1.82, 2.24) is 10.4 Å². The molecule has 1 N–H and O–H groups in total. The Morgan fingerprint density at radius 2 is 2.00 bits per heavy atom. The molecular weight excluding hydrogens is 172 g/mol. The molecule has 0 atom stereocenters. The molecule has 2 heteroatoms. The summed E-state index contributed by atoms with van der Waals surface area (Å²) in [6.45, 7) is 0.923. The van der Waals surface area contributed by atoms with E-state index in [0.717, 1.165) is 6.54 Å². The lowest BCUT2D eigenvalue weighted by Gasteiger charge is -2.21. The summed E-state index contributed by atoms with van der Waals surface area (Å²) < 4.78 is 0. The molecule has 0 saturated carbocycles. The molecule has 2 rings (SSSR count). The Labute approximate surface area is 84.5 Å². The van der Waals surface area contributed by atoms with Gasteiger partial charge in [0.15, 0.2) is 0 Å². The topological polar surface area (TPSA) is 15.3 Å². The first-order chi connectivity index (χ1) is 6.90. The largest absolute Gasteiger partial charge is 0.311 e. The molecule has 2 nitrogen and oxygen atoms in total. The van der Waals surface area contributed by atoms with Crippen LogP contribution in [0.3, 0.4) is 0 Å². The van der Waals surface area contributed by atoms with Crippen LogP contribution in [0, 0.1) is 0 Å². The van der Waals surface area contributed by atoms with Crippen LogP contribution >= 0.6 is 0 Å². The van der Waals surface area contributed by atoms with Crippen molar-refractivity contribution in [3.8, 4) is 0 Å². The van der Waals surface area contributed by atoms with Gasteiger partial charge in [0.2, 0.25) is 0 Å². The van der Waals surface area contributed by atoms with Gasteiger partial charge in [0.05, 0.1) is 6.54 Å². The number of benzene rings is 1. The normalized spacial score (nSPS) is 15.5. The Hall–Kier alpha value is -1.54. The molecule has 0 unspecified atom stereocenters. The molecule has 1 aromatic carbocycles. The minimum absolute atomic E-state index is 0.923. The van der Waals surface area contributed by atoms with Crippen LogP contribution in [0.5, 0.6) is 0 Å². The number of hydrogen-bond acceptors (Lipinski definition) is 2. The van der Waals surface area contributed by atoms with Crippen LogP contribution in [-0.4, -0.2) is 18.6 Å². The first kappa shape index (κ1) is 9.03. The van der Waals surface area contributed by atoms with Gasteiger partial charge in [-0.15, -0.1) is 0 Å². The number of hydrazine groups is 1. The van der Waals surface area contributed by atoms with E-state index >= 15 is 0 Å². The fourth-order valence-electron chi connectivity index (χ4n) is 1.51. The van der Waals surface area contributed by atoms with Crippen LogP contribution in [-0.2, 0) is 0 Å². The molecule has 1 aliphatic heterocycles. The highest BCUT2D eigenvalue weighted by atomic mass is 15.5. The lowest BCUT2D eigenvalue weighted by Crippen LogP contribution is -2.31. The van der Waals surface area contributed by atoms with Gasteiger partial charge in [0.25, 0.3) is 0 Å². The number of nitrogens with zero attached hydrogens (tertiary/aromatic N) is 1. The fourth-order valence-corrected chi connectivity index (χ4v) is 1.51. The summed E-state index contributed by atoms with van der Waals surface area (Å²) in [5.74, 6) is 0. The third-order valence-electron chi connectivity index (χ3n) is 2.29. The van der Waals surface area contributed by atoms with Crippen LogP contribution in [0.2, 0.25) is 0 Å². The average Bonchev–Trinajstić information content (AvgIpc) is 2.30. The summed E-state index contributed by atoms with van der Waals surface area (Å²) in [5, 5.41) is 2.06. The standard InChI is InChI=1S/C12H14N2/c1-13-14-9-5-8-12(10-14)11-6-3-2-4-7-11/h2-8,10,13H,9H2,1H3. The quantitative estimate of drug-likeness (QED) is 0.760. The van der Waals surface area contributed by atoms with E-state index in [-0.39, 0.29) is 0 Å². The van der Waals surface area contributed by atoms with Crippen LogP contribution in [0.15, 0.2) is 48.7 Å². The molecule has 0 saturated heterocycles. The van der Waals surface area contributed by atoms with E-state index in [1.807, 2.05) is 13.1 Å². The van der Waals surface area contributed by atoms with Gasteiger partial charge in [0.1, 0.15) is 0 Å². The minimum atomic E-state index is 0.923. The smallest absolute Gasteiger partial charge is 0.0522 e. The van der Waals surface area contributed by atoms with Crippen LogP contribution in [0.25, 0.3) is 5.57 Å². The van der Waals surface area contributed by atoms with Gasteiger partial charge in [-0.1, -0.05) is 42.5 Å². The Bertz CT molecular complexity index is 352. The Balaban J connectivity index is 2.26. The van der Waals surface area contributed by atoms with E-state index in [4.69, 9.17) is 0 Å². The zero-order valence-electron chi connectivity index (χ0n) is 8.27. The van der Waals surface area contributed by atoms with Gasteiger partial charge in [-0.25, -0.2) is 5.43 Å². The summed E-state index contributed by atoms with van der Waals surface area (Å²) >= 11 is 0. The molecule has 14 heavy (non-hydrogen) atoms. The molecule has 0 amide bonds. The summed E-state index contributed by atoms with van der Waals surface area (Å²) in [4.78, 5) is 0. The summed E-state index contributed by atoms with van der Waals surface area (Å²) in [6, 6.07) is 10.4. The van der Waals surface area contributed by atoms with Crippen molar-refractivity contribution in [2.45, 2.75) is 0 Å². The molecule has 0 bridgehead atoms. The van der Waals surface area contributed by atoms with Gasteiger partial charge < -0.3 is 5.01 Å². The molecule has 1 aliphatic rings. The average molecular weight is 186 g/mol. The van der Waals surface area contributed by atoms with Gasteiger partial charge in [-0.3, -0.25) is 0 Å². The monoisotopic (exact) mass is 186 g/mol. The van der Waals surface area contributed by atoms with Crippen molar-refractivity contribution in [3.63, 3.8) is 0 Å². The Kier molecular flexibility index (Phi) is 2.65. The van der Waals surface area contributed by atoms with Crippen LogP contribution in [0.1, 0.15) is 5.56 Å². The van der Waals surface area contributed by atoms with E-state index in [0.29, 0.717) is 0 Å². The number of allylic oxidation sites excluding steroid dienone is 2. The second kappa shape index (κ2) is 4.11. The highest BCUT2D eigenvalue weighted by Crippen LogP contribution is 2.18. The molecule has 0 aliphatic carbocycles. The van der Waals surface area contributed by atoms with Gasteiger partial charge >= 0.3 is 0 Å². The summed E-state index contributed by atoms with van der Waals surface area (Å²) in [7, 11) is 1.93. The third kappa shape index (κ3) is 1.86. The predicted molar refractivity (Wildman–Crippen MR) is 59.3 cm³/mol. The molecule has 72 valence electrons. The van der Waals surface area contributed by atoms with Crippen LogP contribution in [0.4, 0.5) is 0 Å². The Morgan fingerprint density at radius 3 is 2.71 bits per heavy atom. The van der Waals surface area contributed by atoms with Crippen molar-refractivity contribution < 1.29 is 0 Å². The maximum absolute atomic E-state index is 3.11. The van der Waals surface area contributed by atoms with Crippen molar-refractivity contribution in [2.24, 2.45) is 0 Å². The molecule has 1 aromatic rings. The second-order valence-corrected chi connectivity index (χ2v) is 3.23. The number of hydrogen-bond donors (Lipinski definition) is 1. The van der Waals surface area contributed by atoms with Crippen molar-refractivity contribution >= 4 is 5.57 Å². The van der Waals surface area contributed by atoms with E-state index in [1.54, 1.807) is 0 Å². The number of nitrogens with one attached hydrogen (secondary N) is 1. The van der Waals surface area contributed by atoms with E-state index in [2.05, 4.69) is 53.1 Å². The first-order valence-electron chi connectivity index (χ1n) is 4.78. The molecule has 1 heterocycles. The predicted octanol–water partition coefficient (Wildman–Crippen LogP) is 2.03. The number of rotatable bonds is 2. The minimum Gasteiger partial charge on any atom is -0.311 e. The molecule has 0 spiro atoms. The zero-order valence-corrected chi connectivity index (χ0v) is 8.27. The first-order valence-corrected chi connectivity index (χ1v) is 4.78.